The lowest BCUT2D eigenvalue weighted by Crippen LogP contribution is -2.45. The first kappa shape index (κ1) is 35.6. The highest BCUT2D eigenvalue weighted by atomic mass is 127. The lowest BCUT2D eigenvalue weighted by molar-refractivity contribution is -0.139. The number of rotatable bonds is 13. The van der Waals surface area contributed by atoms with Gasteiger partial charge in [-0.05, 0) is 84.0 Å². The Balaban J connectivity index is 1.43. The summed E-state index contributed by atoms with van der Waals surface area (Å²) in [7, 11) is 2.96. The van der Waals surface area contributed by atoms with Gasteiger partial charge in [-0.1, -0.05) is 35.3 Å². The van der Waals surface area contributed by atoms with Crippen LogP contribution in [0.25, 0.3) is 0 Å². The molecule has 15 heteroatoms. The zero-order valence-electron chi connectivity index (χ0n) is 25.7. The van der Waals surface area contributed by atoms with Gasteiger partial charge in [0, 0.05) is 14.8 Å². The second-order valence-electron chi connectivity index (χ2n) is 9.85. The molecular weight excluding hydrogens is 766 g/mol. The number of halogens is 3. The van der Waals surface area contributed by atoms with Crippen LogP contribution < -0.4 is 35.0 Å². The standard InChI is InChI=1S/C32H31Cl2IN4O8/c1-5-45-31(41)28-17(2)37-32(42)38-29(28)19-7-9-24(25(12-19)43-3)46-16-27(40)39-36-14-20-11-21(35)13-26(44-4)30(20)47-15-18-6-8-22(33)23(34)10-18/h6-14,29H,5,15-16H2,1-4H3,(H,39,40)(H2,37,38,42)/b36-14+/t29-/m0/s1. The van der Waals surface area contributed by atoms with Crippen LogP contribution in [0.2, 0.25) is 10.0 Å². The minimum Gasteiger partial charge on any atom is -0.493 e. The summed E-state index contributed by atoms with van der Waals surface area (Å²) in [6, 6.07) is 12.4. The number of urea groups is 1. The second-order valence-corrected chi connectivity index (χ2v) is 11.9. The molecular formula is C32H31Cl2IN4O8. The summed E-state index contributed by atoms with van der Waals surface area (Å²) in [4.78, 5) is 37.5. The summed E-state index contributed by atoms with van der Waals surface area (Å²) < 4.78 is 28.8. The molecule has 0 aromatic heterocycles. The van der Waals surface area contributed by atoms with Crippen molar-refractivity contribution in [3.63, 3.8) is 0 Å². The average Bonchev–Trinajstić information content (AvgIpc) is 3.04. The number of hydrogen-bond acceptors (Lipinski definition) is 9. The van der Waals surface area contributed by atoms with Crippen molar-refractivity contribution in [2.45, 2.75) is 26.5 Å². The summed E-state index contributed by atoms with van der Waals surface area (Å²) in [6.45, 7) is 3.28. The largest absolute Gasteiger partial charge is 0.493 e. The monoisotopic (exact) mass is 796 g/mol. The first-order chi connectivity index (χ1) is 22.5. The molecule has 1 heterocycles. The summed E-state index contributed by atoms with van der Waals surface area (Å²) in [5.41, 5.74) is 4.97. The molecule has 1 atom stereocenters. The summed E-state index contributed by atoms with van der Waals surface area (Å²) in [5, 5.41) is 10.2. The van der Waals surface area contributed by atoms with Crippen LogP contribution in [0.5, 0.6) is 23.0 Å². The van der Waals surface area contributed by atoms with Crippen molar-refractivity contribution in [1.82, 2.24) is 16.1 Å². The molecule has 0 radical (unpaired) electrons. The number of esters is 1. The predicted octanol–water partition coefficient (Wildman–Crippen LogP) is 5.91. The third kappa shape index (κ3) is 9.20. The Morgan fingerprint density at radius 2 is 1.77 bits per heavy atom. The minimum absolute atomic E-state index is 0.173. The number of hydrogen-bond donors (Lipinski definition) is 3. The van der Waals surface area contributed by atoms with E-state index in [-0.39, 0.29) is 36.9 Å². The third-order valence-corrected chi connectivity index (χ3v) is 8.03. The van der Waals surface area contributed by atoms with Gasteiger partial charge in [-0.25, -0.2) is 15.0 Å². The molecule has 0 bridgehead atoms. The van der Waals surface area contributed by atoms with E-state index in [2.05, 4.69) is 43.8 Å². The van der Waals surface area contributed by atoms with E-state index >= 15 is 0 Å². The van der Waals surface area contributed by atoms with Gasteiger partial charge in [0.2, 0.25) is 0 Å². The maximum absolute atomic E-state index is 12.6. The minimum atomic E-state index is -0.791. The first-order valence-corrected chi connectivity index (χ1v) is 15.9. The SMILES string of the molecule is CCOC(=O)C1=C(C)NC(=O)N[C@H]1c1ccc(OCC(=O)N/N=C/c2cc(I)cc(OC)c2OCc2ccc(Cl)c(Cl)c2)c(OC)c1. The number of ether oxygens (including phenoxy) is 5. The molecule has 3 N–H and O–H groups in total. The summed E-state index contributed by atoms with van der Waals surface area (Å²) >= 11 is 14.3. The molecule has 0 fully saturated rings. The van der Waals surface area contributed by atoms with E-state index in [1.54, 1.807) is 56.3 Å². The highest BCUT2D eigenvalue weighted by molar-refractivity contribution is 14.1. The molecule has 3 aromatic rings. The Morgan fingerprint density at radius 1 is 1.00 bits per heavy atom. The van der Waals surface area contributed by atoms with Crippen LogP contribution in [0.4, 0.5) is 4.79 Å². The van der Waals surface area contributed by atoms with E-state index in [1.807, 2.05) is 6.07 Å². The van der Waals surface area contributed by atoms with Crippen molar-refractivity contribution in [3.8, 4) is 23.0 Å². The number of allylic oxidation sites excluding steroid dienone is 1. The molecule has 0 saturated heterocycles. The topological polar surface area (TPSA) is 146 Å². The van der Waals surface area contributed by atoms with Gasteiger partial charge in [0.05, 0.1) is 48.7 Å². The zero-order valence-corrected chi connectivity index (χ0v) is 29.4. The summed E-state index contributed by atoms with van der Waals surface area (Å²) in [5.74, 6) is 0.327. The van der Waals surface area contributed by atoms with Crippen LogP contribution in [0, 0.1) is 3.57 Å². The van der Waals surface area contributed by atoms with Crippen molar-refractivity contribution in [1.29, 1.82) is 0 Å². The third-order valence-electron chi connectivity index (χ3n) is 6.67. The van der Waals surface area contributed by atoms with Crippen molar-refractivity contribution in [2.75, 3.05) is 27.4 Å². The van der Waals surface area contributed by atoms with Gasteiger partial charge < -0.3 is 34.3 Å². The molecule has 1 aliphatic rings. The highest BCUT2D eigenvalue weighted by Gasteiger charge is 2.32. The Hall–Kier alpha value is -4.21. The molecule has 248 valence electrons. The number of nitrogens with zero attached hydrogens (tertiary/aromatic N) is 1. The van der Waals surface area contributed by atoms with Crippen molar-refractivity contribution in [2.24, 2.45) is 5.10 Å². The molecule has 3 aromatic carbocycles. The van der Waals surface area contributed by atoms with E-state index in [9.17, 15) is 14.4 Å². The molecule has 0 unspecified atom stereocenters. The molecule has 0 saturated carbocycles. The van der Waals surface area contributed by atoms with Gasteiger partial charge in [-0.2, -0.15) is 5.10 Å². The van der Waals surface area contributed by atoms with Crippen molar-refractivity contribution < 1.29 is 38.1 Å². The zero-order chi connectivity index (χ0) is 34.1. The van der Waals surface area contributed by atoms with E-state index in [0.29, 0.717) is 38.4 Å². The quantitative estimate of drug-likeness (QED) is 0.0838. The Bertz CT molecular complexity index is 1730. The smallest absolute Gasteiger partial charge is 0.338 e. The lowest BCUT2D eigenvalue weighted by atomic mass is 9.95. The van der Waals surface area contributed by atoms with Crippen LogP contribution in [0.1, 0.15) is 36.6 Å². The highest BCUT2D eigenvalue weighted by Crippen LogP contribution is 2.35. The van der Waals surface area contributed by atoms with Crippen molar-refractivity contribution >= 4 is 69.9 Å². The fourth-order valence-electron chi connectivity index (χ4n) is 4.53. The molecule has 4 rings (SSSR count). The molecule has 1 aliphatic heterocycles. The maximum Gasteiger partial charge on any atom is 0.338 e. The van der Waals surface area contributed by atoms with Gasteiger partial charge in [-0.3, -0.25) is 4.79 Å². The normalized spacial score (nSPS) is 14.3. The Labute approximate surface area is 294 Å². The van der Waals surface area contributed by atoms with Crippen LogP contribution in [-0.2, 0) is 20.9 Å². The van der Waals surface area contributed by atoms with E-state index in [1.165, 1.54) is 20.4 Å². The van der Waals surface area contributed by atoms with Gasteiger partial charge in [0.1, 0.15) is 6.61 Å². The first-order valence-electron chi connectivity index (χ1n) is 14.1. The van der Waals surface area contributed by atoms with Gasteiger partial charge in [0.15, 0.2) is 29.6 Å². The number of nitrogens with one attached hydrogen (secondary N) is 3. The van der Waals surface area contributed by atoms with Gasteiger partial charge >= 0.3 is 12.0 Å². The Kier molecular flexibility index (Phi) is 12.6. The van der Waals surface area contributed by atoms with Crippen LogP contribution in [0.15, 0.2) is 64.9 Å². The predicted molar refractivity (Wildman–Crippen MR) is 184 cm³/mol. The number of carbonyl (C=O) groups is 3. The average molecular weight is 797 g/mol. The second kappa shape index (κ2) is 16.6. The molecule has 12 nitrogen and oxygen atoms in total. The number of benzene rings is 3. The maximum atomic E-state index is 12.6. The number of amides is 3. The number of hydrazone groups is 1. The fraction of sp³-hybridized carbons (Fsp3) is 0.250. The van der Waals surface area contributed by atoms with Gasteiger partial charge in [0.25, 0.3) is 5.91 Å². The van der Waals surface area contributed by atoms with Crippen LogP contribution in [0.3, 0.4) is 0 Å². The van der Waals surface area contributed by atoms with E-state index < -0.39 is 23.9 Å². The van der Waals surface area contributed by atoms with Crippen LogP contribution >= 0.6 is 45.8 Å². The van der Waals surface area contributed by atoms with E-state index in [0.717, 1.165) is 9.13 Å². The number of carbonyl (C=O) groups excluding carboxylic acids is 3. The van der Waals surface area contributed by atoms with E-state index in [4.69, 9.17) is 46.9 Å². The number of methoxy groups -OCH3 is 2. The molecule has 0 aliphatic carbocycles. The molecule has 47 heavy (non-hydrogen) atoms. The van der Waals surface area contributed by atoms with Crippen LogP contribution in [-0.4, -0.2) is 51.6 Å². The Morgan fingerprint density at radius 3 is 2.47 bits per heavy atom. The molecule has 0 spiro atoms. The summed E-state index contributed by atoms with van der Waals surface area (Å²) in [6.07, 6.45) is 1.44. The van der Waals surface area contributed by atoms with Gasteiger partial charge in [-0.15, -0.1) is 0 Å². The lowest BCUT2D eigenvalue weighted by Gasteiger charge is -2.28. The van der Waals surface area contributed by atoms with Crippen molar-refractivity contribution in [3.05, 3.63) is 90.1 Å². The fourth-order valence-corrected chi connectivity index (χ4v) is 5.47. The molecule has 3 amide bonds.